The fourth-order valence-electron chi connectivity index (χ4n) is 6.02. The Balaban J connectivity index is 1.46. The number of anilines is 2. The summed E-state index contributed by atoms with van der Waals surface area (Å²) in [7, 11) is 0. The van der Waals surface area contributed by atoms with Gasteiger partial charge in [0.2, 0.25) is 0 Å². The molecule has 170 valence electrons. The van der Waals surface area contributed by atoms with E-state index in [1.807, 2.05) is 0 Å². The van der Waals surface area contributed by atoms with Gasteiger partial charge in [0, 0.05) is 16.8 Å². The molecule has 1 nitrogen and oxygen atoms in total. The SMILES string of the molecule is c1ccc(C2(c3ccccc3)c3ccccc3-c3cc(Nc4cccc5ccccc45)ccc32)cc1. The van der Waals surface area contributed by atoms with Crippen molar-refractivity contribution in [1.82, 2.24) is 0 Å². The fraction of sp³-hybridized carbons (Fsp3) is 0.0286. The lowest BCUT2D eigenvalue weighted by atomic mass is 9.68. The lowest BCUT2D eigenvalue weighted by molar-refractivity contribution is 0.768. The van der Waals surface area contributed by atoms with Crippen molar-refractivity contribution < 1.29 is 0 Å². The molecule has 0 unspecified atom stereocenters. The molecule has 6 aromatic rings. The second-order valence-electron chi connectivity index (χ2n) is 9.44. The van der Waals surface area contributed by atoms with Crippen LogP contribution in [0.1, 0.15) is 22.3 Å². The minimum atomic E-state index is -0.355. The van der Waals surface area contributed by atoms with E-state index in [4.69, 9.17) is 0 Å². The van der Waals surface area contributed by atoms with Gasteiger partial charge in [0.15, 0.2) is 0 Å². The molecule has 0 atom stereocenters. The van der Waals surface area contributed by atoms with Crippen molar-refractivity contribution in [3.63, 3.8) is 0 Å². The summed E-state index contributed by atoms with van der Waals surface area (Å²) in [4.78, 5) is 0. The van der Waals surface area contributed by atoms with Crippen LogP contribution < -0.4 is 5.32 Å². The first kappa shape index (κ1) is 20.7. The molecule has 1 heteroatoms. The highest BCUT2D eigenvalue weighted by Gasteiger charge is 2.45. The molecule has 0 heterocycles. The minimum absolute atomic E-state index is 0.355. The average molecular weight is 460 g/mol. The van der Waals surface area contributed by atoms with E-state index in [1.165, 1.54) is 44.2 Å². The Morgan fingerprint density at radius 3 is 1.83 bits per heavy atom. The molecule has 0 amide bonds. The Morgan fingerprint density at radius 1 is 0.444 bits per heavy atom. The molecular formula is C35H25N. The third-order valence-corrected chi connectivity index (χ3v) is 7.53. The molecule has 1 aliphatic carbocycles. The van der Waals surface area contributed by atoms with Crippen molar-refractivity contribution >= 4 is 22.1 Å². The minimum Gasteiger partial charge on any atom is -0.355 e. The summed E-state index contributed by atoms with van der Waals surface area (Å²) in [6.07, 6.45) is 0. The summed E-state index contributed by atoms with van der Waals surface area (Å²) >= 11 is 0. The van der Waals surface area contributed by atoms with Crippen LogP contribution in [0.2, 0.25) is 0 Å². The van der Waals surface area contributed by atoms with Crippen LogP contribution in [-0.4, -0.2) is 0 Å². The number of nitrogens with one attached hydrogen (secondary N) is 1. The highest BCUT2D eigenvalue weighted by Crippen LogP contribution is 2.56. The van der Waals surface area contributed by atoms with E-state index in [0.29, 0.717) is 0 Å². The molecule has 0 radical (unpaired) electrons. The molecule has 0 spiro atoms. The van der Waals surface area contributed by atoms with Crippen molar-refractivity contribution in [2.75, 3.05) is 5.32 Å². The topological polar surface area (TPSA) is 12.0 Å². The van der Waals surface area contributed by atoms with E-state index in [0.717, 1.165) is 11.4 Å². The van der Waals surface area contributed by atoms with Gasteiger partial charge in [0.05, 0.1) is 5.41 Å². The maximum Gasteiger partial charge on any atom is 0.0713 e. The number of rotatable bonds is 4. The largest absolute Gasteiger partial charge is 0.355 e. The number of benzene rings is 6. The van der Waals surface area contributed by atoms with Crippen molar-refractivity contribution in [1.29, 1.82) is 0 Å². The Bertz CT molecular complexity index is 1660. The zero-order valence-corrected chi connectivity index (χ0v) is 19.9. The third kappa shape index (κ3) is 3.03. The molecule has 0 aliphatic heterocycles. The second-order valence-corrected chi connectivity index (χ2v) is 9.44. The van der Waals surface area contributed by atoms with Crippen LogP contribution in [0.25, 0.3) is 21.9 Å². The maximum absolute atomic E-state index is 3.71. The lowest BCUT2D eigenvalue weighted by Crippen LogP contribution is -2.28. The van der Waals surface area contributed by atoms with Gasteiger partial charge < -0.3 is 5.32 Å². The third-order valence-electron chi connectivity index (χ3n) is 7.53. The van der Waals surface area contributed by atoms with Gasteiger partial charge in [-0.15, -0.1) is 0 Å². The average Bonchev–Trinajstić information content (AvgIpc) is 3.25. The van der Waals surface area contributed by atoms with Crippen molar-refractivity contribution in [2.45, 2.75) is 5.41 Å². The number of hydrogen-bond acceptors (Lipinski definition) is 1. The van der Waals surface area contributed by atoms with E-state index in [9.17, 15) is 0 Å². The maximum atomic E-state index is 3.71. The molecular weight excluding hydrogens is 434 g/mol. The van der Waals surface area contributed by atoms with E-state index < -0.39 is 0 Å². The van der Waals surface area contributed by atoms with Crippen LogP contribution in [0.5, 0.6) is 0 Å². The first-order chi connectivity index (χ1) is 17.9. The van der Waals surface area contributed by atoms with E-state index in [2.05, 4.69) is 151 Å². The highest BCUT2D eigenvalue weighted by molar-refractivity contribution is 5.96. The first-order valence-electron chi connectivity index (χ1n) is 12.5. The lowest BCUT2D eigenvalue weighted by Gasteiger charge is -2.33. The van der Waals surface area contributed by atoms with Gasteiger partial charge in [-0.25, -0.2) is 0 Å². The first-order valence-corrected chi connectivity index (χ1v) is 12.5. The molecule has 0 fully saturated rings. The van der Waals surface area contributed by atoms with Crippen molar-refractivity contribution in [3.8, 4) is 11.1 Å². The Hall–Kier alpha value is -4.62. The van der Waals surface area contributed by atoms with Crippen LogP contribution in [0.3, 0.4) is 0 Å². The summed E-state index contributed by atoms with van der Waals surface area (Å²) in [5.74, 6) is 0. The van der Waals surface area contributed by atoms with Gasteiger partial charge in [-0.05, 0) is 57.0 Å². The molecule has 7 rings (SSSR count). The van der Waals surface area contributed by atoms with Crippen molar-refractivity contribution in [2.24, 2.45) is 0 Å². The Morgan fingerprint density at radius 2 is 1.06 bits per heavy atom. The van der Waals surface area contributed by atoms with Crippen molar-refractivity contribution in [3.05, 3.63) is 168 Å². The van der Waals surface area contributed by atoms with Gasteiger partial charge in [-0.3, -0.25) is 0 Å². The summed E-state index contributed by atoms with van der Waals surface area (Å²) in [5, 5.41) is 6.18. The van der Waals surface area contributed by atoms with Gasteiger partial charge >= 0.3 is 0 Å². The number of fused-ring (bicyclic) bond motifs is 4. The predicted octanol–water partition coefficient (Wildman–Crippen LogP) is 8.95. The highest BCUT2D eigenvalue weighted by atomic mass is 14.9. The second kappa shape index (κ2) is 8.25. The summed E-state index contributed by atoms with van der Waals surface area (Å²) in [6, 6.07) is 52.6. The molecule has 0 bridgehead atoms. The van der Waals surface area contributed by atoms with Gasteiger partial charge in [0.25, 0.3) is 0 Å². The molecule has 6 aromatic carbocycles. The van der Waals surface area contributed by atoms with Crippen LogP contribution in [-0.2, 0) is 5.41 Å². The molecule has 1 N–H and O–H groups in total. The van der Waals surface area contributed by atoms with Crippen LogP contribution in [0, 0.1) is 0 Å². The van der Waals surface area contributed by atoms with Crippen LogP contribution in [0.15, 0.2) is 146 Å². The standard InChI is InChI=1S/C35H25N/c1-3-14-26(15-4-1)35(27-16-5-2-6-17-27)32-20-10-9-19-30(32)31-24-28(22-23-33(31)35)36-34-21-11-13-25-12-7-8-18-29(25)34/h1-24,36H. The zero-order valence-electron chi connectivity index (χ0n) is 19.9. The number of hydrogen-bond donors (Lipinski definition) is 1. The summed E-state index contributed by atoms with van der Waals surface area (Å²) < 4.78 is 0. The molecule has 1 aliphatic rings. The Labute approximate surface area is 211 Å². The molecule has 0 saturated heterocycles. The van der Waals surface area contributed by atoms with E-state index in [-0.39, 0.29) is 5.41 Å². The smallest absolute Gasteiger partial charge is 0.0713 e. The normalized spacial score (nSPS) is 13.2. The van der Waals surface area contributed by atoms with Gasteiger partial charge in [-0.1, -0.05) is 127 Å². The van der Waals surface area contributed by atoms with Gasteiger partial charge in [-0.2, -0.15) is 0 Å². The van der Waals surface area contributed by atoms with E-state index in [1.54, 1.807) is 0 Å². The predicted molar refractivity (Wildman–Crippen MR) is 151 cm³/mol. The Kier molecular flexibility index (Phi) is 4.75. The zero-order chi connectivity index (χ0) is 24.0. The van der Waals surface area contributed by atoms with Crippen LogP contribution in [0.4, 0.5) is 11.4 Å². The van der Waals surface area contributed by atoms with Crippen LogP contribution >= 0.6 is 0 Å². The van der Waals surface area contributed by atoms with E-state index >= 15 is 0 Å². The summed E-state index contributed by atoms with van der Waals surface area (Å²) in [5.41, 5.74) is 9.67. The monoisotopic (exact) mass is 459 g/mol. The fourth-order valence-corrected chi connectivity index (χ4v) is 6.02. The molecule has 0 saturated carbocycles. The molecule has 36 heavy (non-hydrogen) atoms. The quantitative estimate of drug-likeness (QED) is 0.277. The molecule has 0 aromatic heterocycles. The summed E-state index contributed by atoms with van der Waals surface area (Å²) in [6.45, 7) is 0. The van der Waals surface area contributed by atoms with Gasteiger partial charge in [0.1, 0.15) is 0 Å².